The van der Waals surface area contributed by atoms with E-state index >= 15 is 0 Å². The number of carbonyl (C=O) groups excluding carboxylic acids is 2. The van der Waals surface area contributed by atoms with E-state index in [-0.39, 0.29) is 29.7 Å². The quantitative estimate of drug-likeness (QED) is 0.568. The Bertz CT molecular complexity index is 1070. The zero-order chi connectivity index (χ0) is 23.2. The number of amides is 2. The highest BCUT2D eigenvalue weighted by molar-refractivity contribution is 5.80. The van der Waals surface area contributed by atoms with E-state index in [1.165, 1.54) is 5.56 Å². The molecule has 1 aliphatic rings. The summed E-state index contributed by atoms with van der Waals surface area (Å²) in [5.41, 5.74) is 2.09. The summed E-state index contributed by atoms with van der Waals surface area (Å²) in [7, 11) is 3.51. The number of hydrogen-bond acceptors (Lipinski definition) is 5. The molecule has 172 valence electrons. The Hall–Kier alpha value is -3.48. The maximum Gasteiger partial charge on any atom is 0.232 e. The zero-order valence-electron chi connectivity index (χ0n) is 19.1. The van der Waals surface area contributed by atoms with Crippen molar-refractivity contribution in [2.45, 2.75) is 44.1 Å². The molecule has 7 nitrogen and oxygen atoms in total. The number of carbonyl (C=O) groups is 2. The Morgan fingerprint density at radius 1 is 1.03 bits per heavy atom. The van der Waals surface area contributed by atoms with Gasteiger partial charge in [0.15, 0.2) is 0 Å². The molecule has 0 unspecified atom stereocenters. The van der Waals surface area contributed by atoms with Gasteiger partial charge in [-0.1, -0.05) is 65.8 Å². The van der Waals surface area contributed by atoms with Gasteiger partial charge in [0.1, 0.15) is 0 Å². The third-order valence-electron chi connectivity index (χ3n) is 6.20. The molecule has 0 radical (unpaired) electrons. The maximum atomic E-state index is 12.7. The van der Waals surface area contributed by atoms with Crippen LogP contribution in [0, 0.1) is 5.92 Å². The van der Waals surface area contributed by atoms with E-state index in [1.807, 2.05) is 48.5 Å². The minimum atomic E-state index is -0.216. The van der Waals surface area contributed by atoms with Crippen molar-refractivity contribution in [3.05, 3.63) is 72.1 Å². The van der Waals surface area contributed by atoms with Crippen LogP contribution in [-0.2, 0) is 16.0 Å². The van der Waals surface area contributed by atoms with Gasteiger partial charge in [0.2, 0.25) is 23.5 Å². The molecule has 1 N–H and O–H groups in total. The van der Waals surface area contributed by atoms with Crippen molar-refractivity contribution in [1.82, 2.24) is 20.4 Å². The Kier molecular flexibility index (Phi) is 7.17. The van der Waals surface area contributed by atoms with Gasteiger partial charge in [0.25, 0.3) is 0 Å². The molecule has 1 saturated carbocycles. The molecule has 1 fully saturated rings. The molecule has 3 atom stereocenters. The van der Waals surface area contributed by atoms with Crippen LogP contribution in [-0.4, -0.2) is 47.0 Å². The predicted molar refractivity (Wildman–Crippen MR) is 125 cm³/mol. The molecule has 0 saturated heterocycles. The lowest BCUT2D eigenvalue weighted by Crippen LogP contribution is -2.37. The number of hydrogen-bond donors (Lipinski definition) is 1. The zero-order valence-corrected chi connectivity index (χ0v) is 19.1. The molecule has 4 rings (SSSR count). The van der Waals surface area contributed by atoms with Crippen LogP contribution in [0.15, 0.2) is 65.2 Å². The Morgan fingerprint density at radius 2 is 1.73 bits per heavy atom. The number of nitrogens with zero attached hydrogens (tertiary/aromatic N) is 3. The summed E-state index contributed by atoms with van der Waals surface area (Å²) in [6.07, 6.45) is 3.20. The SMILES string of the molecule is CN(C)C(=O)[C@H]1C[C@H](NC(=O)CCCc2ccccc2)[C@H](c2nc(-c3ccccc3)no2)C1. The van der Waals surface area contributed by atoms with Crippen LogP contribution in [0.4, 0.5) is 0 Å². The first-order valence-corrected chi connectivity index (χ1v) is 11.4. The largest absolute Gasteiger partial charge is 0.353 e. The number of aryl methyl sites for hydroxylation is 1. The average molecular weight is 447 g/mol. The van der Waals surface area contributed by atoms with Crippen LogP contribution in [0.25, 0.3) is 11.4 Å². The average Bonchev–Trinajstić information content (AvgIpc) is 3.47. The highest BCUT2D eigenvalue weighted by atomic mass is 16.5. The molecule has 1 aliphatic carbocycles. The molecule has 0 bridgehead atoms. The molecular formula is C26H30N4O3. The van der Waals surface area contributed by atoms with Crippen LogP contribution in [0.5, 0.6) is 0 Å². The third kappa shape index (κ3) is 5.66. The van der Waals surface area contributed by atoms with Crippen molar-refractivity contribution in [3.63, 3.8) is 0 Å². The molecule has 3 aromatic rings. The topological polar surface area (TPSA) is 88.3 Å². The van der Waals surface area contributed by atoms with Crippen LogP contribution in [0.3, 0.4) is 0 Å². The van der Waals surface area contributed by atoms with Gasteiger partial charge in [-0.15, -0.1) is 0 Å². The first kappa shape index (κ1) is 22.7. The fourth-order valence-corrected chi connectivity index (χ4v) is 4.50. The van der Waals surface area contributed by atoms with E-state index in [4.69, 9.17) is 4.52 Å². The summed E-state index contributed by atoms with van der Waals surface area (Å²) < 4.78 is 5.61. The van der Waals surface area contributed by atoms with Gasteiger partial charge in [0.05, 0.1) is 5.92 Å². The van der Waals surface area contributed by atoms with E-state index in [9.17, 15) is 9.59 Å². The van der Waals surface area contributed by atoms with Crippen molar-refractivity contribution in [2.24, 2.45) is 5.92 Å². The van der Waals surface area contributed by atoms with Crippen molar-refractivity contribution < 1.29 is 14.1 Å². The van der Waals surface area contributed by atoms with E-state index in [0.29, 0.717) is 31.0 Å². The summed E-state index contributed by atoms with van der Waals surface area (Å²) in [5.74, 6) is 0.650. The van der Waals surface area contributed by atoms with Crippen LogP contribution < -0.4 is 5.32 Å². The molecule has 0 spiro atoms. The first-order chi connectivity index (χ1) is 16.0. The Morgan fingerprint density at radius 3 is 2.42 bits per heavy atom. The van der Waals surface area contributed by atoms with Gasteiger partial charge in [-0.3, -0.25) is 9.59 Å². The first-order valence-electron chi connectivity index (χ1n) is 11.4. The van der Waals surface area contributed by atoms with Crippen molar-refractivity contribution in [1.29, 1.82) is 0 Å². The third-order valence-corrected chi connectivity index (χ3v) is 6.20. The van der Waals surface area contributed by atoms with Gasteiger partial charge < -0.3 is 14.7 Å². The van der Waals surface area contributed by atoms with E-state index in [1.54, 1.807) is 19.0 Å². The molecule has 33 heavy (non-hydrogen) atoms. The molecule has 1 heterocycles. The van der Waals surface area contributed by atoms with Gasteiger partial charge in [-0.25, -0.2) is 0 Å². The maximum absolute atomic E-state index is 12.7. The fraction of sp³-hybridized carbons (Fsp3) is 0.385. The van der Waals surface area contributed by atoms with Gasteiger partial charge in [0, 0.05) is 38.0 Å². The van der Waals surface area contributed by atoms with Gasteiger partial charge in [-0.05, 0) is 31.2 Å². The fourth-order valence-electron chi connectivity index (χ4n) is 4.50. The van der Waals surface area contributed by atoms with Crippen molar-refractivity contribution in [3.8, 4) is 11.4 Å². The van der Waals surface area contributed by atoms with Crippen molar-refractivity contribution in [2.75, 3.05) is 14.1 Å². The molecule has 2 aromatic carbocycles. The number of benzene rings is 2. The number of nitrogens with one attached hydrogen (secondary N) is 1. The minimum absolute atomic E-state index is 0.0123. The van der Waals surface area contributed by atoms with E-state index < -0.39 is 0 Å². The smallest absolute Gasteiger partial charge is 0.232 e. The highest BCUT2D eigenvalue weighted by Crippen LogP contribution is 2.39. The second kappa shape index (κ2) is 10.4. The van der Waals surface area contributed by atoms with E-state index in [0.717, 1.165) is 18.4 Å². The van der Waals surface area contributed by atoms with Crippen LogP contribution in [0.1, 0.15) is 43.1 Å². The van der Waals surface area contributed by atoms with E-state index in [2.05, 4.69) is 27.6 Å². The summed E-state index contributed by atoms with van der Waals surface area (Å²) in [4.78, 5) is 31.6. The molecule has 0 aliphatic heterocycles. The monoisotopic (exact) mass is 446 g/mol. The van der Waals surface area contributed by atoms with Gasteiger partial charge >= 0.3 is 0 Å². The molecular weight excluding hydrogens is 416 g/mol. The molecule has 7 heteroatoms. The summed E-state index contributed by atoms with van der Waals surface area (Å²) >= 11 is 0. The predicted octanol–water partition coefficient (Wildman–Crippen LogP) is 3.83. The lowest BCUT2D eigenvalue weighted by Gasteiger charge is -2.18. The minimum Gasteiger partial charge on any atom is -0.353 e. The normalized spacial score (nSPS) is 19.9. The summed E-state index contributed by atoms with van der Waals surface area (Å²) in [6, 6.07) is 19.6. The van der Waals surface area contributed by atoms with Crippen LogP contribution in [0.2, 0.25) is 0 Å². The number of rotatable bonds is 8. The summed E-state index contributed by atoms with van der Waals surface area (Å²) in [5, 5.41) is 7.29. The highest BCUT2D eigenvalue weighted by Gasteiger charge is 2.42. The number of aromatic nitrogens is 2. The lowest BCUT2D eigenvalue weighted by molar-refractivity contribution is -0.133. The lowest BCUT2D eigenvalue weighted by atomic mass is 10.0. The summed E-state index contributed by atoms with van der Waals surface area (Å²) in [6.45, 7) is 0. The second-order valence-electron chi connectivity index (χ2n) is 8.84. The van der Waals surface area contributed by atoms with Crippen molar-refractivity contribution >= 4 is 11.8 Å². The second-order valence-corrected chi connectivity index (χ2v) is 8.84. The van der Waals surface area contributed by atoms with Crippen LogP contribution >= 0.6 is 0 Å². The molecule has 2 amide bonds. The Labute approximate surface area is 194 Å². The molecule has 1 aromatic heterocycles. The Balaban J connectivity index is 1.44. The standard InChI is InChI=1S/C26H30N4O3/c1-30(2)26(32)20-16-21(25-28-24(29-33-25)19-13-7-4-8-14-19)22(17-20)27-23(31)15-9-12-18-10-5-3-6-11-18/h3-8,10-11,13-14,20-22H,9,12,15-17H2,1-2H3,(H,27,31)/t20-,21-,22+/m1/s1. The van der Waals surface area contributed by atoms with Gasteiger partial charge in [-0.2, -0.15) is 4.98 Å².